The molecule has 0 aliphatic carbocycles. The molecule has 3 rings (SSSR count). The molecule has 27 heavy (non-hydrogen) atoms. The van der Waals surface area contributed by atoms with Gasteiger partial charge in [-0.15, -0.1) is 0 Å². The molecule has 0 saturated carbocycles. The van der Waals surface area contributed by atoms with Crippen LogP contribution >= 0.6 is 0 Å². The standard InChI is InChI=1S/C20H21N3O4/c1-3-27-16-7-5-4-6-15(16)22-19(25)17-12(2)21-20(26)23-18(17)13-8-10-14(24)11-9-13/h4-11,17-18,24H,2-3H2,1H3,(H,22,25)(H2,21,23,26)/t17-,18+/m0/s1. The van der Waals surface area contributed by atoms with Crippen molar-refractivity contribution >= 4 is 17.6 Å². The summed E-state index contributed by atoms with van der Waals surface area (Å²) in [6, 6.07) is 12.4. The molecule has 0 aromatic heterocycles. The van der Waals surface area contributed by atoms with Crippen molar-refractivity contribution in [2.75, 3.05) is 11.9 Å². The number of carbonyl (C=O) groups excluding carboxylic acids is 2. The van der Waals surface area contributed by atoms with Gasteiger partial charge in [0.05, 0.1) is 18.3 Å². The molecule has 0 radical (unpaired) electrons. The third-order valence-electron chi connectivity index (χ3n) is 4.25. The Bertz CT molecular complexity index is 864. The van der Waals surface area contributed by atoms with Crippen molar-refractivity contribution in [3.63, 3.8) is 0 Å². The van der Waals surface area contributed by atoms with Gasteiger partial charge in [-0.1, -0.05) is 30.8 Å². The van der Waals surface area contributed by atoms with Gasteiger partial charge in [-0.2, -0.15) is 0 Å². The smallest absolute Gasteiger partial charge is 0.319 e. The van der Waals surface area contributed by atoms with E-state index < -0.39 is 18.0 Å². The van der Waals surface area contributed by atoms with Crippen LogP contribution in [0.2, 0.25) is 0 Å². The Balaban J connectivity index is 1.89. The molecule has 140 valence electrons. The van der Waals surface area contributed by atoms with Crippen molar-refractivity contribution in [1.82, 2.24) is 10.6 Å². The van der Waals surface area contributed by atoms with Crippen LogP contribution in [0.3, 0.4) is 0 Å². The van der Waals surface area contributed by atoms with Gasteiger partial charge in [0.25, 0.3) is 0 Å². The molecule has 7 nitrogen and oxygen atoms in total. The van der Waals surface area contributed by atoms with Crippen LogP contribution in [0.1, 0.15) is 18.5 Å². The molecule has 2 aromatic carbocycles. The monoisotopic (exact) mass is 367 g/mol. The SMILES string of the molecule is C=C1NC(=O)N[C@H](c2ccc(O)cc2)[C@H]1C(=O)Nc1ccccc1OCC. The summed E-state index contributed by atoms with van der Waals surface area (Å²) < 4.78 is 5.54. The minimum Gasteiger partial charge on any atom is -0.508 e. The van der Waals surface area contributed by atoms with Gasteiger partial charge in [0.2, 0.25) is 5.91 Å². The lowest BCUT2D eigenvalue weighted by Crippen LogP contribution is -2.51. The molecule has 4 N–H and O–H groups in total. The molecular formula is C20H21N3O4. The van der Waals surface area contributed by atoms with Gasteiger partial charge in [-0.3, -0.25) is 4.79 Å². The first-order valence-corrected chi connectivity index (χ1v) is 8.57. The largest absolute Gasteiger partial charge is 0.508 e. The summed E-state index contributed by atoms with van der Waals surface area (Å²) in [6.07, 6.45) is 0. The van der Waals surface area contributed by atoms with Crippen LogP contribution in [0.4, 0.5) is 10.5 Å². The zero-order valence-corrected chi connectivity index (χ0v) is 14.9. The number of rotatable bonds is 5. The first kappa shape index (κ1) is 18.3. The molecule has 1 heterocycles. The molecule has 7 heteroatoms. The third kappa shape index (κ3) is 4.03. The van der Waals surface area contributed by atoms with Crippen molar-refractivity contribution in [3.8, 4) is 11.5 Å². The lowest BCUT2D eigenvalue weighted by molar-refractivity contribution is -0.119. The fourth-order valence-electron chi connectivity index (χ4n) is 3.01. The predicted molar refractivity (Wildman–Crippen MR) is 101 cm³/mol. The number of anilines is 1. The maximum atomic E-state index is 13.0. The van der Waals surface area contributed by atoms with E-state index in [0.29, 0.717) is 29.3 Å². The van der Waals surface area contributed by atoms with Crippen LogP contribution < -0.4 is 20.7 Å². The van der Waals surface area contributed by atoms with Crippen molar-refractivity contribution in [2.45, 2.75) is 13.0 Å². The highest BCUT2D eigenvalue weighted by atomic mass is 16.5. The summed E-state index contributed by atoms with van der Waals surface area (Å²) in [5.74, 6) is -0.419. The number of hydrogen-bond donors (Lipinski definition) is 4. The summed E-state index contributed by atoms with van der Waals surface area (Å²) in [5, 5.41) is 17.7. The van der Waals surface area contributed by atoms with E-state index in [1.807, 2.05) is 13.0 Å². The molecule has 1 fully saturated rings. The summed E-state index contributed by atoms with van der Waals surface area (Å²) in [4.78, 5) is 24.9. The second kappa shape index (κ2) is 7.82. The molecular weight excluding hydrogens is 346 g/mol. The van der Waals surface area contributed by atoms with Gasteiger partial charge in [0.15, 0.2) is 0 Å². The minimum atomic E-state index is -0.748. The second-order valence-electron chi connectivity index (χ2n) is 6.09. The molecule has 2 aromatic rings. The quantitative estimate of drug-likeness (QED) is 0.653. The highest BCUT2D eigenvalue weighted by molar-refractivity contribution is 5.98. The number of ether oxygens (including phenoxy) is 1. The lowest BCUT2D eigenvalue weighted by Gasteiger charge is -2.34. The average Bonchev–Trinajstić information content (AvgIpc) is 2.63. The number of urea groups is 1. The van der Waals surface area contributed by atoms with Crippen molar-refractivity contribution < 1.29 is 19.4 Å². The highest BCUT2D eigenvalue weighted by Gasteiger charge is 2.38. The average molecular weight is 367 g/mol. The fourth-order valence-corrected chi connectivity index (χ4v) is 3.01. The molecule has 0 bridgehead atoms. The van der Waals surface area contributed by atoms with E-state index in [1.54, 1.807) is 30.3 Å². The Kier molecular flexibility index (Phi) is 5.30. The number of amides is 3. The van der Waals surface area contributed by atoms with E-state index in [-0.39, 0.29) is 11.7 Å². The Morgan fingerprint density at radius 2 is 1.93 bits per heavy atom. The summed E-state index contributed by atoms with van der Waals surface area (Å²) >= 11 is 0. The maximum Gasteiger partial charge on any atom is 0.319 e. The zero-order valence-electron chi connectivity index (χ0n) is 14.9. The van der Waals surface area contributed by atoms with Crippen LogP contribution in [-0.2, 0) is 4.79 Å². The Morgan fingerprint density at radius 1 is 1.22 bits per heavy atom. The Morgan fingerprint density at radius 3 is 2.63 bits per heavy atom. The zero-order chi connectivity index (χ0) is 19.4. The molecule has 0 spiro atoms. The highest BCUT2D eigenvalue weighted by Crippen LogP contribution is 2.32. The first-order valence-electron chi connectivity index (χ1n) is 8.57. The Hall–Kier alpha value is -3.48. The van der Waals surface area contributed by atoms with Gasteiger partial charge < -0.3 is 25.8 Å². The number of phenols is 1. The van der Waals surface area contributed by atoms with Crippen LogP contribution in [0.15, 0.2) is 60.8 Å². The van der Waals surface area contributed by atoms with Crippen LogP contribution in [0.25, 0.3) is 0 Å². The van der Waals surface area contributed by atoms with Gasteiger partial charge >= 0.3 is 6.03 Å². The maximum absolute atomic E-state index is 13.0. The first-order chi connectivity index (χ1) is 13.0. The van der Waals surface area contributed by atoms with Crippen molar-refractivity contribution in [1.29, 1.82) is 0 Å². The Labute approximate surface area is 157 Å². The number of benzene rings is 2. The van der Waals surface area contributed by atoms with Crippen LogP contribution in [0.5, 0.6) is 11.5 Å². The third-order valence-corrected chi connectivity index (χ3v) is 4.25. The van der Waals surface area contributed by atoms with Gasteiger partial charge in [0.1, 0.15) is 17.4 Å². The van der Waals surface area contributed by atoms with Crippen LogP contribution in [0, 0.1) is 5.92 Å². The molecule has 1 aliphatic rings. The number of phenolic OH excluding ortho intramolecular Hbond substituents is 1. The van der Waals surface area contributed by atoms with Gasteiger partial charge in [0, 0.05) is 5.70 Å². The lowest BCUT2D eigenvalue weighted by atomic mass is 9.88. The summed E-state index contributed by atoms with van der Waals surface area (Å²) in [6.45, 7) is 6.18. The molecule has 1 aliphatic heterocycles. The predicted octanol–water partition coefficient (Wildman–Crippen LogP) is 2.91. The van der Waals surface area contributed by atoms with Crippen LogP contribution in [-0.4, -0.2) is 23.7 Å². The van der Waals surface area contributed by atoms with Crippen molar-refractivity contribution in [2.24, 2.45) is 5.92 Å². The topological polar surface area (TPSA) is 99.7 Å². The molecule has 3 amide bonds. The van der Waals surface area contributed by atoms with Gasteiger partial charge in [-0.25, -0.2) is 4.79 Å². The number of carbonyl (C=O) groups is 2. The number of aromatic hydroxyl groups is 1. The minimum absolute atomic E-state index is 0.101. The van der Waals surface area contributed by atoms with E-state index >= 15 is 0 Å². The number of nitrogens with one attached hydrogen (secondary N) is 3. The van der Waals surface area contributed by atoms with E-state index in [2.05, 4.69) is 22.5 Å². The van der Waals surface area contributed by atoms with E-state index in [1.165, 1.54) is 12.1 Å². The number of para-hydroxylation sites is 2. The fraction of sp³-hybridized carbons (Fsp3) is 0.200. The molecule has 0 unspecified atom stereocenters. The second-order valence-corrected chi connectivity index (χ2v) is 6.09. The van der Waals surface area contributed by atoms with Crippen molar-refractivity contribution in [3.05, 3.63) is 66.4 Å². The normalized spacial score (nSPS) is 19.0. The number of hydrogen-bond acceptors (Lipinski definition) is 4. The van der Waals surface area contributed by atoms with Gasteiger partial charge in [-0.05, 0) is 36.8 Å². The molecule has 1 saturated heterocycles. The summed E-state index contributed by atoms with van der Waals surface area (Å²) in [5.41, 5.74) is 1.52. The van der Waals surface area contributed by atoms with E-state index in [9.17, 15) is 14.7 Å². The van der Waals surface area contributed by atoms with E-state index in [4.69, 9.17) is 4.74 Å². The summed E-state index contributed by atoms with van der Waals surface area (Å²) in [7, 11) is 0. The molecule has 2 atom stereocenters. The van der Waals surface area contributed by atoms with E-state index in [0.717, 1.165) is 0 Å².